The van der Waals surface area contributed by atoms with Crippen molar-refractivity contribution in [1.29, 1.82) is 0 Å². The SMILES string of the molecule is CNC(=O)c1ccc(N)cc1NC(C)C1CCC1. The first kappa shape index (κ1) is 12.7. The molecule has 0 aliphatic heterocycles. The van der Waals surface area contributed by atoms with Gasteiger partial charge in [-0.2, -0.15) is 0 Å². The Bertz CT molecular complexity index is 441. The Balaban J connectivity index is 2.18. The van der Waals surface area contributed by atoms with Crippen molar-refractivity contribution in [2.45, 2.75) is 32.2 Å². The molecule has 1 unspecified atom stereocenters. The number of hydrogen-bond acceptors (Lipinski definition) is 3. The number of anilines is 2. The predicted octanol–water partition coefficient (Wildman–Crippen LogP) is 2.23. The van der Waals surface area contributed by atoms with Crippen LogP contribution in [0.2, 0.25) is 0 Å². The maximum atomic E-state index is 11.8. The molecule has 1 aromatic carbocycles. The molecule has 1 saturated carbocycles. The molecule has 98 valence electrons. The Morgan fingerprint density at radius 2 is 2.17 bits per heavy atom. The number of amides is 1. The van der Waals surface area contributed by atoms with E-state index in [1.165, 1.54) is 19.3 Å². The van der Waals surface area contributed by atoms with Crippen LogP contribution >= 0.6 is 0 Å². The van der Waals surface area contributed by atoms with Crippen LogP contribution in [-0.4, -0.2) is 19.0 Å². The summed E-state index contributed by atoms with van der Waals surface area (Å²) in [4.78, 5) is 11.8. The van der Waals surface area contributed by atoms with E-state index in [9.17, 15) is 4.79 Å². The molecular formula is C14H21N3O. The molecule has 1 aromatic rings. The van der Waals surface area contributed by atoms with Gasteiger partial charge in [-0.25, -0.2) is 0 Å². The molecule has 4 nitrogen and oxygen atoms in total. The second-order valence-electron chi connectivity index (χ2n) is 5.01. The zero-order valence-corrected chi connectivity index (χ0v) is 11.0. The van der Waals surface area contributed by atoms with Crippen LogP contribution in [0.4, 0.5) is 11.4 Å². The molecule has 1 aliphatic rings. The fourth-order valence-electron chi connectivity index (χ4n) is 2.32. The van der Waals surface area contributed by atoms with Gasteiger partial charge in [-0.15, -0.1) is 0 Å². The Hall–Kier alpha value is -1.71. The minimum atomic E-state index is -0.0849. The number of carbonyl (C=O) groups excluding carboxylic acids is 1. The van der Waals surface area contributed by atoms with Crippen LogP contribution in [0.25, 0.3) is 0 Å². The first-order chi connectivity index (χ1) is 8.61. The molecule has 4 heteroatoms. The summed E-state index contributed by atoms with van der Waals surface area (Å²) in [5, 5.41) is 6.08. The summed E-state index contributed by atoms with van der Waals surface area (Å²) in [7, 11) is 1.64. The average Bonchev–Trinajstić information content (AvgIpc) is 2.25. The summed E-state index contributed by atoms with van der Waals surface area (Å²) >= 11 is 0. The van der Waals surface area contributed by atoms with Gasteiger partial charge in [0.1, 0.15) is 0 Å². The molecule has 2 rings (SSSR count). The van der Waals surface area contributed by atoms with E-state index in [1.807, 2.05) is 6.07 Å². The normalized spacial score (nSPS) is 16.8. The topological polar surface area (TPSA) is 67.2 Å². The largest absolute Gasteiger partial charge is 0.399 e. The van der Waals surface area contributed by atoms with Gasteiger partial charge in [-0.05, 0) is 43.9 Å². The maximum Gasteiger partial charge on any atom is 0.253 e. The summed E-state index contributed by atoms with van der Waals surface area (Å²) in [5.74, 6) is 0.627. The third kappa shape index (κ3) is 2.58. The van der Waals surface area contributed by atoms with Crippen LogP contribution in [0.15, 0.2) is 18.2 Å². The lowest BCUT2D eigenvalue weighted by Gasteiger charge is -2.33. The molecule has 1 amide bonds. The molecule has 0 spiro atoms. The van der Waals surface area contributed by atoms with Gasteiger partial charge >= 0.3 is 0 Å². The first-order valence-electron chi connectivity index (χ1n) is 6.50. The average molecular weight is 247 g/mol. The van der Waals surface area contributed by atoms with Gasteiger partial charge in [0.05, 0.1) is 5.56 Å². The minimum Gasteiger partial charge on any atom is -0.399 e. The third-order valence-corrected chi connectivity index (χ3v) is 3.76. The number of nitrogens with two attached hydrogens (primary N) is 1. The highest BCUT2D eigenvalue weighted by atomic mass is 16.1. The van der Waals surface area contributed by atoms with E-state index in [-0.39, 0.29) is 5.91 Å². The second-order valence-corrected chi connectivity index (χ2v) is 5.01. The molecule has 0 radical (unpaired) electrons. The fraction of sp³-hybridized carbons (Fsp3) is 0.500. The van der Waals surface area contributed by atoms with Gasteiger partial charge in [0.2, 0.25) is 0 Å². The zero-order chi connectivity index (χ0) is 13.1. The van der Waals surface area contributed by atoms with Gasteiger partial charge in [0.15, 0.2) is 0 Å². The highest BCUT2D eigenvalue weighted by Crippen LogP contribution is 2.32. The number of carbonyl (C=O) groups is 1. The van der Waals surface area contributed by atoms with Crippen LogP contribution < -0.4 is 16.4 Å². The van der Waals surface area contributed by atoms with E-state index in [4.69, 9.17) is 5.73 Å². The summed E-state index contributed by atoms with van der Waals surface area (Å²) < 4.78 is 0. The molecule has 1 atom stereocenters. The zero-order valence-electron chi connectivity index (χ0n) is 11.0. The number of benzene rings is 1. The monoisotopic (exact) mass is 247 g/mol. The summed E-state index contributed by atoms with van der Waals surface area (Å²) in [6.45, 7) is 2.17. The molecule has 18 heavy (non-hydrogen) atoms. The van der Waals surface area contributed by atoms with Crippen molar-refractivity contribution >= 4 is 17.3 Å². The van der Waals surface area contributed by atoms with Crippen LogP contribution in [0.3, 0.4) is 0 Å². The highest BCUT2D eigenvalue weighted by molar-refractivity contribution is 6.00. The number of hydrogen-bond donors (Lipinski definition) is 3. The Morgan fingerprint density at radius 3 is 2.72 bits per heavy atom. The van der Waals surface area contributed by atoms with Crippen molar-refractivity contribution in [2.24, 2.45) is 5.92 Å². The summed E-state index contributed by atoms with van der Waals surface area (Å²) in [5.41, 5.74) is 7.95. The number of nitrogens with one attached hydrogen (secondary N) is 2. The van der Waals surface area contributed by atoms with E-state index >= 15 is 0 Å². The fourth-order valence-corrected chi connectivity index (χ4v) is 2.32. The summed E-state index contributed by atoms with van der Waals surface area (Å²) in [6, 6.07) is 5.73. The smallest absolute Gasteiger partial charge is 0.253 e. The lowest BCUT2D eigenvalue weighted by Crippen LogP contribution is -2.32. The lowest BCUT2D eigenvalue weighted by atomic mass is 9.80. The third-order valence-electron chi connectivity index (χ3n) is 3.76. The van der Waals surface area contributed by atoms with Gasteiger partial charge in [-0.1, -0.05) is 6.42 Å². The van der Waals surface area contributed by atoms with Crippen molar-refractivity contribution < 1.29 is 4.79 Å². The van der Waals surface area contributed by atoms with Crippen molar-refractivity contribution in [3.63, 3.8) is 0 Å². The van der Waals surface area contributed by atoms with Crippen LogP contribution in [0.5, 0.6) is 0 Å². The van der Waals surface area contributed by atoms with Crippen molar-refractivity contribution in [1.82, 2.24) is 5.32 Å². The van der Waals surface area contributed by atoms with Gasteiger partial charge in [0.25, 0.3) is 5.91 Å². The van der Waals surface area contributed by atoms with Crippen LogP contribution in [0, 0.1) is 5.92 Å². The highest BCUT2D eigenvalue weighted by Gasteiger charge is 2.24. The van der Waals surface area contributed by atoms with E-state index in [1.54, 1.807) is 19.2 Å². The number of nitrogen functional groups attached to an aromatic ring is 1. The van der Waals surface area contributed by atoms with Crippen molar-refractivity contribution in [3.8, 4) is 0 Å². The number of rotatable bonds is 4. The Morgan fingerprint density at radius 1 is 1.44 bits per heavy atom. The van der Waals surface area contributed by atoms with E-state index in [0.717, 1.165) is 5.69 Å². The molecular weight excluding hydrogens is 226 g/mol. The lowest BCUT2D eigenvalue weighted by molar-refractivity contribution is 0.0964. The maximum absolute atomic E-state index is 11.8. The molecule has 0 heterocycles. The summed E-state index contributed by atoms with van der Waals surface area (Å²) in [6.07, 6.45) is 3.85. The minimum absolute atomic E-state index is 0.0849. The van der Waals surface area contributed by atoms with Crippen molar-refractivity contribution in [3.05, 3.63) is 23.8 Å². The molecule has 1 fully saturated rings. The Kier molecular flexibility index (Phi) is 3.75. The molecule has 1 aliphatic carbocycles. The van der Waals surface area contributed by atoms with E-state index < -0.39 is 0 Å². The van der Waals surface area contributed by atoms with Gasteiger partial charge < -0.3 is 16.4 Å². The van der Waals surface area contributed by atoms with E-state index in [0.29, 0.717) is 23.2 Å². The molecule has 4 N–H and O–H groups in total. The predicted molar refractivity (Wildman–Crippen MR) is 74.7 cm³/mol. The van der Waals surface area contributed by atoms with E-state index in [2.05, 4.69) is 17.6 Å². The van der Waals surface area contributed by atoms with Gasteiger partial charge in [-0.3, -0.25) is 4.79 Å². The van der Waals surface area contributed by atoms with Crippen molar-refractivity contribution in [2.75, 3.05) is 18.1 Å². The Labute approximate surface area is 108 Å². The quantitative estimate of drug-likeness (QED) is 0.715. The molecule has 0 saturated heterocycles. The standard InChI is InChI=1S/C14H21N3O/c1-9(10-4-3-5-10)17-13-8-11(15)6-7-12(13)14(18)16-2/h6-10,17H,3-5,15H2,1-2H3,(H,16,18). The van der Waals surface area contributed by atoms with Gasteiger partial charge in [0, 0.05) is 24.5 Å². The second kappa shape index (κ2) is 5.29. The van der Waals surface area contributed by atoms with Crippen LogP contribution in [0.1, 0.15) is 36.5 Å². The first-order valence-corrected chi connectivity index (χ1v) is 6.50. The molecule has 0 aromatic heterocycles. The molecule has 0 bridgehead atoms. The van der Waals surface area contributed by atoms with Crippen LogP contribution in [-0.2, 0) is 0 Å².